The van der Waals surface area contributed by atoms with E-state index in [9.17, 15) is 0 Å². The maximum absolute atomic E-state index is 4.34. The maximum Gasteiger partial charge on any atom is -0.00932 e. The third-order valence-electron chi connectivity index (χ3n) is 35.8. The molecule has 0 N–H and O–H groups in total. The van der Waals surface area contributed by atoms with E-state index < -0.39 is 0 Å². The van der Waals surface area contributed by atoms with Crippen LogP contribution < -0.4 is 0 Å². The van der Waals surface area contributed by atoms with E-state index in [0.29, 0.717) is 94.7 Å². The van der Waals surface area contributed by atoms with Gasteiger partial charge in [0, 0.05) is 0 Å². The Hall–Kier alpha value is -7.80. The molecule has 8 saturated carbocycles. The van der Waals surface area contributed by atoms with E-state index in [4.69, 9.17) is 0 Å². The number of benzene rings is 6. The van der Waals surface area contributed by atoms with Gasteiger partial charge >= 0.3 is 0 Å². The van der Waals surface area contributed by atoms with Crippen LogP contribution in [0.3, 0.4) is 0 Å². The SMILES string of the molecule is C=CC1CC(/C=C\C2CC(C=C)C3CC=CC23)CC1c1ccc2c(c1)CCc1cc(C3CC(/C=C\C4CC(C=C)C5CC=CC45)CC3C=C)ccc1CC2.C=CC1CC(C=C)C(c2ccc3c(c2)CCc2ccc(C4CC(C=C)CC4C=C)cc2CC3)C1.CCC1CC(CC)C(c2ccc3c(c2)CCc2ccc(C4CC(CC)CC4CC)cc2CC3)C1. The van der Waals surface area contributed by atoms with E-state index in [1.165, 1.54) is 165 Å². The van der Waals surface area contributed by atoms with Crippen LogP contribution in [0.25, 0.3) is 0 Å². The highest BCUT2D eigenvalue weighted by atomic mass is 14.5. The Morgan fingerprint density at radius 1 is 0.238 bits per heavy atom. The highest BCUT2D eigenvalue weighted by molar-refractivity contribution is 5.47. The van der Waals surface area contributed by atoms with Crippen molar-refractivity contribution in [3.05, 3.63) is 359 Å². The molecular formula is C122H152. The lowest BCUT2D eigenvalue weighted by molar-refractivity contribution is 0.413. The minimum Gasteiger partial charge on any atom is -0.103 e. The van der Waals surface area contributed by atoms with Crippen molar-refractivity contribution < 1.29 is 0 Å². The lowest BCUT2D eigenvalue weighted by atomic mass is 9.81. The molecule has 19 rings (SSSR count). The minimum absolute atomic E-state index is 0.555. The Morgan fingerprint density at radius 3 is 0.762 bits per heavy atom. The lowest BCUT2D eigenvalue weighted by Gasteiger charge is -2.24. The first kappa shape index (κ1) is 86.3. The second-order valence-electron chi connectivity index (χ2n) is 41.8. The first-order valence-electron chi connectivity index (χ1n) is 50.2. The number of hydrogen-bond acceptors (Lipinski definition) is 0. The molecule has 0 nitrogen and oxygen atoms in total. The molecule has 0 aromatic heterocycles. The summed E-state index contributed by atoms with van der Waals surface area (Å²) in [4.78, 5) is 0. The van der Waals surface area contributed by atoms with E-state index in [-0.39, 0.29) is 0 Å². The summed E-state index contributed by atoms with van der Waals surface area (Å²) in [5, 5.41) is 0. The summed E-state index contributed by atoms with van der Waals surface area (Å²) in [5.41, 5.74) is 28.5. The van der Waals surface area contributed by atoms with Crippen molar-refractivity contribution in [3.63, 3.8) is 0 Å². The van der Waals surface area contributed by atoms with Crippen LogP contribution in [0.15, 0.2) is 259 Å². The molecule has 0 bridgehead atoms. The van der Waals surface area contributed by atoms with Crippen molar-refractivity contribution in [2.75, 3.05) is 0 Å². The molecule has 13 aliphatic rings. The zero-order chi connectivity index (χ0) is 84.1. The monoisotopic (exact) mass is 1620 g/mol. The third-order valence-corrected chi connectivity index (χ3v) is 35.8. The van der Waals surface area contributed by atoms with Crippen LogP contribution in [-0.4, -0.2) is 0 Å². The van der Waals surface area contributed by atoms with Crippen LogP contribution in [0.4, 0.5) is 0 Å². The van der Waals surface area contributed by atoms with Crippen molar-refractivity contribution in [1.82, 2.24) is 0 Å². The van der Waals surface area contributed by atoms with Crippen LogP contribution in [0, 0.1) is 118 Å². The third kappa shape index (κ3) is 18.5. The first-order chi connectivity index (χ1) is 59.8. The molecule has 0 radical (unpaired) electrons. The van der Waals surface area contributed by atoms with E-state index in [2.05, 4.69) is 287 Å². The van der Waals surface area contributed by atoms with Gasteiger partial charge in [-0.25, -0.2) is 0 Å². The summed E-state index contributed by atoms with van der Waals surface area (Å²) in [5.74, 6) is 18.1. The zero-order valence-electron chi connectivity index (χ0n) is 75.9. The molecule has 0 aliphatic heterocycles. The maximum atomic E-state index is 4.34. The van der Waals surface area contributed by atoms with Gasteiger partial charge in [0.25, 0.3) is 0 Å². The van der Waals surface area contributed by atoms with Gasteiger partial charge in [-0.05, 0) is 434 Å². The normalized spacial score (nSPS) is 34.6. The summed E-state index contributed by atoms with van der Waals surface area (Å²) in [6, 6.07) is 45.2. The summed E-state index contributed by atoms with van der Waals surface area (Å²) < 4.78 is 0. The molecule has 640 valence electrons. The standard InChI is InChI=1S/C54H64.C34H48.C34H40/c1-5-37-27-35(15-17-45-31-39(7-3)49-11-9-13-51(45)49)29-53(37)47-25-21-41-19-20-42-22-26-48(34-44(42)24-23-43(41)33-47)54-30-36(28-38(54)6-2)16-18-46-32-40(8-4)50-12-10-14-52(46)50;2*1-5-23-17-25(7-3)33(19-23)31-15-11-27-10-14-30-22-32(16-12-28(30)9-13-29(27)21-31)34-20-24(6-2)18-26(34)8-4/h5-10,13-18,21-22,25-26,33-40,45-46,49-54H,1-4,11-12,19-20,23-24,27-32H2;11-12,15-16,21-26,33-34H,5-10,13-14,17-20H2,1-4H3;5-8,11-12,15-16,21-26,33-34H,1-4,9-10,13-14,17-20H2/b17-15-,18-16-;;. The van der Waals surface area contributed by atoms with Gasteiger partial charge in [-0.2, -0.15) is 0 Å². The molecule has 6 aromatic rings. The number of aryl methyl sites for hydroxylation is 12. The molecule has 0 saturated heterocycles. The van der Waals surface area contributed by atoms with Gasteiger partial charge in [0.05, 0.1) is 0 Å². The van der Waals surface area contributed by atoms with Gasteiger partial charge in [0.2, 0.25) is 0 Å². The van der Waals surface area contributed by atoms with Crippen LogP contribution in [0.5, 0.6) is 0 Å². The molecule has 0 heteroatoms. The summed E-state index contributed by atoms with van der Waals surface area (Å²) in [6.45, 7) is 43.0. The Kier molecular flexibility index (Phi) is 27.9. The Labute approximate surface area is 741 Å². The quantitative estimate of drug-likeness (QED) is 0.0594. The zero-order valence-corrected chi connectivity index (χ0v) is 75.9. The van der Waals surface area contributed by atoms with Crippen molar-refractivity contribution in [2.45, 2.75) is 269 Å². The molecule has 0 heterocycles. The Morgan fingerprint density at radius 2 is 0.500 bits per heavy atom. The van der Waals surface area contributed by atoms with E-state index in [1.807, 2.05) is 0 Å². The van der Waals surface area contributed by atoms with Gasteiger partial charge in [-0.3, -0.25) is 0 Å². The van der Waals surface area contributed by atoms with Crippen molar-refractivity contribution in [2.24, 2.45) is 118 Å². The molecule has 0 spiro atoms. The van der Waals surface area contributed by atoms with Gasteiger partial charge in [-0.15, -0.1) is 52.6 Å². The van der Waals surface area contributed by atoms with Gasteiger partial charge in [-0.1, -0.05) is 260 Å². The van der Waals surface area contributed by atoms with E-state index in [0.717, 1.165) is 111 Å². The van der Waals surface area contributed by atoms with Crippen molar-refractivity contribution >= 4 is 0 Å². The smallest absolute Gasteiger partial charge is 0.00932 e. The molecule has 26 atom stereocenters. The van der Waals surface area contributed by atoms with Crippen molar-refractivity contribution in [3.8, 4) is 0 Å². The molecule has 26 unspecified atom stereocenters. The number of rotatable bonds is 22. The number of fused-ring (bicyclic) bond motifs is 8. The highest BCUT2D eigenvalue weighted by Gasteiger charge is 2.45. The van der Waals surface area contributed by atoms with Gasteiger partial charge < -0.3 is 0 Å². The fourth-order valence-electron chi connectivity index (χ4n) is 28.4. The van der Waals surface area contributed by atoms with E-state index in [1.54, 1.807) is 89.0 Å². The second-order valence-corrected chi connectivity index (χ2v) is 41.8. The summed E-state index contributed by atoms with van der Waals surface area (Å²) >= 11 is 0. The molecule has 6 aromatic carbocycles. The number of hydrogen-bond donors (Lipinski definition) is 0. The average Bonchev–Trinajstić information content (AvgIpc) is 1.58. The topological polar surface area (TPSA) is 0 Å². The fourth-order valence-corrected chi connectivity index (χ4v) is 28.4. The second kappa shape index (κ2) is 39.4. The molecule has 13 aliphatic carbocycles. The Bertz CT molecular complexity index is 4540. The van der Waals surface area contributed by atoms with Crippen LogP contribution >= 0.6 is 0 Å². The van der Waals surface area contributed by atoms with Gasteiger partial charge in [0.1, 0.15) is 0 Å². The largest absolute Gasteiger partial charge is 0.103 e. The number of allylic oxidation sites excluding steroid dienone is 16. The van der Waals surface area contributed by atoms with Crippen LogP contribution in [0.2, 0.25) is 0 Å². The van der Waals surface area contributed by atoms with Crippen LogP contribution in [-0.2, 0) is 77.0 Å². The average molecular weight is 1620 g/mol. The summed E-state index contributed by atoms with van der Waals surface area (Å²) in [6.07, 6.45) is 77.8. The van der Waals surface area contributed by atoms with Gasteiger partial charge in [0.15, 0.2) is 0 Å². The molecule has 8 fully saturated rings. The van der Waals surface area contributed by atoms with E-state index >= 15 is 0 Å². The summed E-state index contributed by atoms with van der Waals surface area (Å²) in [7, 11) is 0. The minimum atomic E-state index is 0.555. The highest BCUT2D eigenvalue weighted by Crippen LogP contribution is 2.55. The Balaban J connectivity index is 0.000000136. The predicted octanol–water partition coefficient (Wildman–Crippen LogP) is 31.3. The lowest BCUT2D eigenvalue weighted by Crippen LogP contribution is -2.11. The predicted molar refractivity (Wildman–Crippen MR) is 523 cm³/mol. The van der Waals surface area contributed by atoms with Crippen molar-refractivity contribution in [1.29, 1.82) is 0 Å². The molecule has 0 amide bonds. The van der Waals surface area contributed by atoms with Crippen LogP contribution in [0.1, 0.15) is 292 Å². The fraction of sp³-hybridized carbons (Fsp3) is 0.508. The first-order valence-corrected chi connectivity index (χ1v) is 50.2. The molecule has 122 heavy (non-hydrogen) atoms. The molecular weight excluding hydrogens is 1470 g/mol.